The van der Waals surface area contributed by atoms with E-state index in [2.05, 4.69) is 36.3 Å². The van der Waals surface area contributed by atoms with Crippen LogP contribution in [0.15, 0.2) is 4.99 Å². The van der Waals surface area contributed by atoms with Gasteiger partial charge in [0.15, 0.2) is 5.96 Å². The number of hydrogen-bond acceptors (Lipinski definition) is 3. The first-order chi connectivity index (χ1) is 10.2. The minimum atomic E-state index is 0. The molecule has 1 rings (SSSR count). The molecule has 1 fully saturated rings. The summed E-state index contributed by atoms with van der Waals surface area (Å²) in [7, 11) is 1.72. The zero-order valence-corrected chi connectivity index (χ0v) is 17.1. The lowest BCUT2D eigenvalue weighted by molar-refractivity contribution is 0.203. The Hall–Kier alpha value is -0.0800. The van der Waals surface area contributed by atoms with Gasteiger partial charge in [-0.25, -0.2) is 0 Å². The average Bonchev–Trinajstić information content (AvgIpc) is 2.97. The van der Waals surface area contributed by atoms with Gasteiger partial charge in [0.1, 0.15) is 0 Å². The highest BCUT2D eigenvalue weighted by molar-refractivity contribution is 14.0. The normalized spacial score (nSPS) is 17.4. The maximum atomic E-state index is 5.08. The summed E-state index contributed by atoms with van der Waals surface area (Å²) in [5, 5.41) is 6.62. The third-order valence-corrected chi connectivity index (χ3v) is 3.80. The molecule has 0 aliphatic carbocycles. The van der Waals surface area contributed by atoms with Gasteiger partial charge in [-0.2, -0.15) is 0 Å². The molecular formula is C16H35IN4O. The van der Waals surface area contributed by atoms with Gasteiger partial charge in [-0.05, 0) is 45.2 Å². The maximum absolute atomic E-state index is 5.08. The molecule has 1 heterocycles. The molecule has 1 unspecified atom stereocenters. The molecule has 0 aromatic heterocycles. The van der Waals surface area contributed by atoms with E-state index in [-0.39, 0.29) is 24.0 Å². The summed E-state index contributed by atoms with van der Waals surface area (Å²) in [5.74, 6) is 1.62. The van der Waals surface area contributed by atoms with Gasteiger partial charge in [-0.3, -0.25) is 9.89 Å². The summed E-state index contributed by atoms with van der Waals surface area (Å²) in [5.41, 5.74) is 0. The highest BCUT2D eigenvalue weighted by Gasteiger charge is 2.22. The Bertz CT molecular complexity index is 294. The number of ether oxygens (including phenoxy) is 1. The fourth-order valence-corrected chi connectivity index (χ4v) is 2.80. The van der Waals surface area contributed by atoms with E-state index in [9.17, 15) is 0 Å². The molecule has 0 bridgehead atoms. The van der Waals surface area contributed by atoms with Gasteiger partial charge < -0.3 is 15.4 Å². The predicted octanol–water partition coefficient (Wildman–Crippen LogP) is 2.32. The molecule has 0 amide bonds. The van der Waals surface area contributed by atoms with Crippen LogP contribution in [0, 0.1) is 5.92 Å². The molecule has 22 heavy (non-hydrogen) atoms. The van der Waals surface area contributed by atoms with Crippen LogP contribution < -0.4 is 10.6 Å². The lowest BCUT2D eigenvalue weighted by Gasteiger charge is -2.28. The predicted molar refractivity (Wildman–Crippen MR) is 105 cm³/mol. The van der Waals surface area contributed by atoms with Crippen molar-refractivity contribution in [3.63, 3.8) is 0 Å². The molecule has 1 aliphatic rings. The first-order valence-electron chi connectivity index (χ1n) is 8.42. The van der Waals surface area contributed by atoms with Gasteiger partial charge in [0, 0.05) is 26.2 Å². The number of rotatable bonds is 9. The molecule has 0 radical (unpaired) electrons. The van der Waals surface area contributed by atoms with E-state index in [1.54, 1.807) is 7.11 Å². The van der Waals surface area contributed by atoms with Crippen LogP contribution in [-0.4, -0.2) is 63.3 Å². The third-order valence-electron chi connectivity index (χ3n) is 3.80. The van der Waals surface area contributed by atoms with Crippen LogP contribution in [0.25, 0.3) is 0 Å². The van der Waals surface area contributed by atoms with E-state index >= 15 is 0 Å². The molecule has 1 aliphatic heterocycles. The summed E-state index contributed by atoms with van der Waals surface area (Å²) < 4.78 is 5.08. The van der Waals surface area contributed by atoms with Gasteiger partial charge in [-0.1, -0.05) is 13.8 Å². The molecule has 0 saturated carbocycles. The number of guanidine groups is 1. The van der Waals surface area contributed by atoms with Gasteiger partial charge in [0.2, 0.25) is 0 Å². The average molecular weight is 426 g/mol. The second-order valence-corrected chi connectivity index (χ2v) is 6.17. The lowest BCUT2D eigenvalue weighted by atomic mass is 10.0. The molecule has 0 aromatic carbocycles. The topological polar surface area (TPSA) is 48.9 Å². The van der Waals surface area contributed by atoms with Crippen LogP contribution >= 0.6 is 24.0 Å². The van der Waals surface area contributed by atoms with E-state index in [4.69, 9.17) is 9.73 Å². The molecule has 0 aromatic rings. The van der Waals surface area contributed by atoms with Crippen LogP contribution in [0.1, 0.15) is 40.0 Å². The number of likely N-dealkylation sites (tertiary alicyclic amines) is 1. The van der Waals surface area contributed by atoms with Gasteiger partial charge in [-0.15, -0.1) is 24.0 Å². The van der Waals surface area contributed by atoms with Crippen molar-refractivity contribution in [3.8, 4) is 0 Å². The van der Waals surface area contributed by atoms with Crippen molar-refractivity contribution in [3.05, 3.63) is 0 Å². The number of halogens is 1. The van der Waals surface area contributed by atoms with Crippen molar-refractivity contribution < 1.29 is 4.74 Å². The Kier molecular flexibility index (Phi) is 13.3. The van der Waals surface area contributed by atoms with Crippen LogP contribution in [0.3, 0.4) is 0 Å². The minimum absolute atomic E-state index is 0. The van der Waals surface area contributed by atoms with E-state index in [0.717, 1.165) is 31.5 Å². The van der Waals surface area contributed by atoms with Crippen molar-refractivity contribution in [1.82, 2.24) is 15.5 Å². The Morgan fingerprint density at radius 3 is 2.45 bits per heavy atom. The van der Waals surface area contributed by atoms with Gasteiger partial charge in [0.05, 0.1) is 13.2 Å². The quantitative estimate of drug-likeness (QED) is 0.257. The zero-order valence-electron chi connectivity index (χ0n) is 14.7. The summed E-state index contributed by atoms with van der Waals surface area (Å²) in [6.07, 6.45) is 3.90. The minimum Gasteiger partial charge on any atom is -0.383 e. The Labute approximate surface area is 153 Å². The molecule has 1 atom stereocenters. The first-order valence-corrected chi connectivity index (χ1v) is 8.42. The molecular weight excluding hydrogens is 391 g/mol. The van der Waals surface area contributed by atoms with Crippen molar-refractivity contribution in [2.24, 2.45) is 10.9 Å². The summed E-state index contributed by atoms with van der Waals surface area (Å²) in [6.45, 7) is 12.4. The Morgan fingerprint density at radius 1 is 1.23 bits per heavy atom. The second kappa shape index (κ2) is 13.4. The Morgan fingerprint density at radius 2 is 1.91 bits per heavy atom. The smallest absolute Gasteiger partial charge is 0.191 e. The standard InChI is InChI=1S/C16H34N4O.HI/c1-5-17-16(18-8-11-21-4)19-13-15(12-14(2)3)20-9-6-7-10-20;/h14-15H,5-13H2,1-4H3,(H2,17,18,19);1H. The zero-order chi connectivity index (χ0) is 15.5. The van der Waals surface area contributed by atoms with E-state index in [1.165, 1.54) is 32.4 Å². The van der Waals surface area contributed by atoms with Crippen molar-refractivity contribution in [1.29, 1.82) is 0 Å². The van der Waals surface area contributed by atoms with Crippen molar-refractivity contribution >= 4 is 29.9 Å². The molecule has 132 valence electrons. The second-order valence-electron chi connectivity index (χ2n) is 6.17. The maximum Gasteiger partial charge on any atom is 0.191 e. The molecule has 0 spiro atoms. The fourth-order valence-electron chi connectivity index (χ4n) is 2.80. The highest BCUT2D eigenvalue weighted by Crippen LogP contribution is 2.18. The van der Waals surface area contributed by atoms with Gasteiger partial charge >= 0.3 is 0 Å². The lowest BCUT2D eigenvalue weighted by Crippen LogP contribution is -2.41. The first kappa shape index (κ1) is 21.9. The molecule has 1 saturated heterocycles. The Balaban J connectivity index is 0.00000441. The SMILES string of the molecule is CCNC(=NCC(CC(C)C)N1CCCC1)NCCOC.I. The largest absolute Gasteiger partial charge is 0.383 e. The number of hydrogen-bond donors (Lipinski definition) is 2. The van der Waals surface area contributed by atoms with Crippen molar-refractivity contribution in [2.75, 3.05) is 46.4 Å². The highest BCUT2D eigenvalue weighted by atomic mass is 127. The monoisotopic (exact) mass is 426 g/mol. The number of nitrogens with zero attached hydrogens (tertiary/aromatic N) is 2. The summed E-state index contributed by atoms with van der Waals surface area (Å²) in [6, 6.07) is 0.574. The van der Waals surface area contributed by atoms with E-state index in [1.807, 2.05) is 0 Å². The molecule has 5 nitrogen and oxygen atoms in total. The van der Waals surface area contributed by atoms with Crippen LogP contribution in [0.5, 0.6) is 0 Å². The molecule has 2 N–H and O–H groups in total. The summed E-state index contributed by atoms with van der Waals surface area (Å²) in [4.78, 5) is 7.39. The van der Waals surface area contributed by atoms with Crippen LogP contribution in [0.2, 0.25) is 0 Å². The summed E-state index contributed by atoms with van der Waals surface area (Å²) >= 11 is 0. The number of nitrogens with one attached hydrogen (secondary N) is 2. The van der Waals surface area contributed by atoms with Crippen LogP contribution in [-0.2, 0) is 4.74 Å². The van der Waals surface area contributed by atoms with Crippen molar-refractivity contribution in [2.45, 2.75) is 46.1 Å². The fraction of sp³-hybridized carbons (Fsp3) is 0.938. The van der Waals surface area contributed by atoms with E-state index in [0.29, 0.717) is 12.6 Å². The number of methoxy groups -OCH3 is 1. The van der Waals surface area contributed by atoms with Gasteiger partial charge in [0.25, 0.3) is 0 Å². The molecule has 6 heteroatoms. The van der Waals surface area contributed by atoms with Crippen LogP contribution in [0.4, 0.5) is 0 Å². The number of aliphatic imine (C=N–C) groups is 1. The van der Waals surface area contributed by atoms with E-state index < -0.39 is 0 Å². The third kappa shape index (κ3) is 9.15.